The van der Waals surface area contributed by atoms with E-state index in [0.717, 1.165) is 33.2 Å². The molecular weight excluding hydrogens is 343 g/mol. The minimum absolute atomic E-state index is 0.179. The molecule has 0 aromatic carbocycles. The summed E-state index contributed by atoms with van der Waals surface area (Å²) in [5.41, 5.74) is 8.75. The van der Waals surface area contributed by atoms with Gasteiger partial charge in [-0.05, 0) is 38.8 Å². The number of thioether (sulfide) groups is 1. The predicted octanol–water partition coefficient (Wildman–Crippen LogP) is 5.42. The van der Waals surface area contributed by atoms with E-state index in [9.17, 15) is 4.39 Å². The molecule has 4 nitrogen and oxygen atoms in total. The number of aryl methyl sites for hydroxylation is 1. The molecule has 0 spiro atoms. The summed E-state index contributed by atoms with van der Waals surface area (Å²) in [5.74, 6) is -0.211. The maximum atomic E-state index is 13.9. The molecule has 2 heterocycles. The molecule has 0 atom stereocenters. The molecule has 0 radical (unpaired) electrons. The molecule has 7 heteroatoms. The van der Waals surface area contributed by atoms with Crippen LogP contribution in [0.4, 0.5) is 15.3 Å². The van der Waals surface area contributed by atoms with Crippen molar-refractivity contribution in [1.82, 2.24) is 9.97 Å². The van der Waals surface area contributed by atoms with Crippen LogP contribution in [0, 0.1) is 12.7 Å². The van der Waals surface area contributed by atoms with Crippen molar-refractivity contribution in [3.8, 4) is 0 Å². The fourth-order valence-corrected chi connectivity index (χ4v) is 3.61. The molecule has 128 valence electrons. The number of nitrogens with two attached hydrogens (primary N) is 1. The number of hydrogen-bond acceptors (Lipinski definition) is 6. The number of nitrogens with one attached hydrogen (secondary N) is 1. The molecule has 3 N–H and O–H groups in total. The molecule has 0 saturated heterocycles. The van der Waals surface area contributed by atoms with Gasteiger partial charge in [-0.1, -0.05) is 30.3 Å². The zero-order valence-corrected chi connectivity index (χ0v) is 15.8. The van der Waals surface area contributed by atoms with Crippen molar-refractivity contribution in [1.29, 1.82) is 0 Å². The zero-order chi connectivity index (χ0) is 17.7. The van der Waals surface area contributed by atoms with Crippen molar-refractivity contribution in [3.63, 3.8) is 0 Å². The topological polar surface area (TPSA) is 63.8 Å². The number of nitrogens with zero attached hydrogens (tertiary/aromatic N) is 2. The Morgan fingerprint density at radius 3 is 2.83 bits per heavy atom. The van der Waals surface area contributed by atoms with Gasteiger partial charge in [0.1, 0.15) is 0 Å². The standard InChI is InChI=1S/C17H21FN4S2/c1-5-6-14(19)24-15(10(2)3)13-9-23-17(21-13)22-16-12(18)7-11(4)8-20-16/h6-9H,5,19H2,1-4H3,(H,20,21,22)/b14-6+. The monoisotopic (exact) mass is 364 g/mol. The summed E-state index contributed by atoms with van der Waals surface area (Å²) in [6, 6.07) is 1.44. The van der Waals surface area contributed by atoms with E-state index < -0.39 is 5.82 Å². The van der Waals surface area contributed by atoms with Crippen LogP contribution in [0.3, 0.4) is 0 Å². The Morgan fingerprint density at radius 2 is 2.21 bits per heavy atom. The van der Waals surface area contributed by atoms with Crippen LogP contribution < -0.4 is 11.1 Å². The van der Waals surface area contributed by atoms with Crippen LogP contribution in [0.2, 0.25) is 0 Å². The molecule has 2 aromatic rings. The van der Waals surface area contributed by atoms with E-state index in [2.05, 4.69) is 15.3 Å². The lowest BCUT2D eigenvalue weighted by Crippen LogP contribution is -1.98. The lowest BCUT2D eigenvalue weighted by molar-refractivity contribution is 0.625. The number of halogens is 1. The molecule has 0 unspecified atom stereocenters. The van der Waals surface area contributed by atoms with Crippen molar-refractivity contribution in [2.75, 3.05) is 5.32 Å². The highest BCUT2D eigenvalue weighted by molar-refractivity contribution is 8.11. The first-order valence-electron chi connectivity index (χ1n) is 7.56. The number of anilines is 2. The highest BCUT2D eigenvalue weighted by Gasteiger charge is 2.13. The molecule has 0 bridgehead atoms. The molecule has 24 heavy (non-hydrogen) atoms. The summed E-state index contributed by atoms with van der Waals surface area (Å²) in [6.07, 6.45) is 4.48. The Kier molecular flexibility index (Phi) is 6.39. The number of hydrogen-bond donors (Lipinski definition) is 2. The van der Waals surface area contributed by atoms with Gasteiger partial charge < -0.3 is 11.1 Å². The maximum absolute atomic E-state index is 13.9. The number of thiazole rings is 1. The molecule has 0 aliphatic carbocycles. The van der Waals surface area contributed by atoms with Crippen molar-refractivity contribution < 1.29 is 4.39 Å². The smallest absolute Gasteiger partial charge is 0.188 e. The number of aromatic nitrogens is 2. The number of allylic oxidation sites excluding steroid dienone is 2. The first-order chi connectivity index (χ1) is 11.4. The Bertz CT molecular complexity index is 777. The summed E-state index contributed by atoms with van der Waals surface area (Å²) in [5, 5.41) is 6.22. The second kappa shape index (κ2) is 8.30. The van der Waals surface area contributed by atoms with E-state index in [4.69, 9.17) is 5.73 Å². The lowest BCUT2D eigenvalue weighted by atomic mass is 10.3. The van der Waals surface area contributed by atoms with Crippen molar-refractivity contribution in [2.45, 2.75) is 34.1 Å². The molecule has 0 aliphatic heterocycles. The van der Waals surface area contributed by atoms with Crippen LogP contribution in [0.1, 0.15) is 38.4 Å². The van der Waals surface area contributed by atoms with Crippen LogP contribution in [0.5, 0.6) is 0 Å². The Hall–Kier alpha value is -1.86. The van der Waals surface area contributed by atoms with Crippen molar-refractivity contribution in [3.05, 3.63) is 51.4 Å². The minimum atomic E-state index is -0.390. The SMILES string of the molecule is CC/C=C(\N)SC(=C(C)C)c1csc(Nc2ncc(C)cc2F)n1. The first-order valence-corrected chi connectivity index (χ1v) is 9.26. The third kappa shape index (κ3) is 4.82. The average molecular weight is 365 g/mol. The fourth-order valence-electron chi connectivity index (χ4n) is 1.93. The van der Waals surface area contributed by atoms with E-state index >= 15 is 0 Å². The van der Waals surface area contributed by atoms with Crippen molar-refractivity contribution >= 4 is 39.0 Å². The van der Waals surface area contributed by atoms with Crippen LogP contribution in [0.15, 0.2) is 34.3 Å². The number of rotatable bonds is 6. The molecule has 2 rings (SSSR count). The third-order valence-electron chi connectivity index (χ3n) is 3.02. The van der Waals surface area contributed by atoms with Gasteiger partial charge >= 0.3 is 0 Å². The molecule has 0 saturated carbocycles. The van der Waals surface area contributed by atoms with Crippen LogP contribution in [-0.2, 0) is 0 Å². The van der Waals surface area contributed by atoms with E-state index in [-0.39, 0.29) is 5.82 Å². The molecular formula is C17H21FN4S2. The lowest BCUT2D eigenvalue weighted by Gasteiger charge is -2.07. The van der Waals surface area contributed by atoms with Gasteiger partial charge in [-0.2, -0.15) is 0 Å². The normalized spacial score (nSPS) is 11.5. The maximum Gasteiger partial charge on any atom is 0.188 e. The molecule has 0 amide bonds. The Labute approximate surface area is 150 Å². The Morgan fingerprint density at radius 1 is 1.46 bits per heavy atom. The second-order valence-corrected chi connectivity index (χ2v) is 7.39. The summed E-state index contributed by atoms with van der Waals surface area (Å²) in [4.78, 5) is 9.63. The van der Waals surface area contributed by atoms with Gasteiger partial charge in [0, 0.05) is 16.5 Å². The highest BCUT2D eigenvalue weighted by Crippen LogP contribution is 2.36. The van der Waals surface area contributed by atoms with E-state index in [1.807, 2.05) is 32.2 Å². The average Bonchev–Trinajstić information content (AvgIpc) is 2.96. The van der Waals surface area contributed by atoms with Gasteiger partial charge in [-0.3, -0.25) is 0 Å². The summed E-state index contributed by atoms with van der Waals surface area (Å²) in [6.45, 7) is 7.89. The molecule has 2 aromatic heterocycles. The third-order valence-corrected chi connectivity index (χ3v) is 5.00. The number of pyridine rings is 1. The van der Waals surface area contributed by atoms with Crippen LogP contribution >= 0.6 is 23.1 Å². The van der Waals surface area contributed by atoms with Gasteiger partial charge in [-0.15, -0.1) is 11.3 Å². The van der Waals surface area contributed by atoms with Gasteiger partial charge in [0.25, 0.3) is 0 Å². The molecule has 0 aliphatic rings. The quantitative estimate of drug-likeness (QED) is 0.716. The minimum Gasteiger partial charge on any atom is -0.394 e. The van der Waals surface area contributed by atoms with E-state index in [1.165, 1.54) is 29.2 Å². The summed E-state index contributed by atoms with van der Waals surface area (Å²) in [7, 11) is 0. The van der Waals surface area contributed by atoms with E-state index in [0.29, 0.717) is 5.13 Å². The fraction of sp³-hybridized carbons (Fsp3) is 0.294. The zero-order valence-electron chi connectivity index (χ0n) is 14.2. The van der Waals surface area contributed by atoms with Crippen LogP contribution in [0.25, 0.3) is 4.91 Å². The highest BCUT2D eigenvalue weighted by atomic mass is 32.2. The first kappa shape index (κ1) is 18.5. The van der Waals surface area contributed by atoms with Gasteiger partial charge in [0.05, 0.1) is 10.7 Å². The molecule has 0 fully saturated rings. The van der Waals surface area contributed by atoms with Gasteiger partial charge in [-0.25, -0.2) is 14.4 Å². The second-order valence-electron chi connectivity index (χ2n) is 5.45. The van der Waals surface area contributed by atoms with Gasteiger partial charge in [0.15, 0.2) is 16.8 Å². The summed E-state index contributed by atoms with van der Waals surface area (Å²) >= 11 is 2.91. The largest absolute Gasteiger partial charge is 0.394 e. The van der Waals surface area contributed by atoms with Crippen molar-refractivity contribution in [2.24, 2.45) is 5.73 Å². The summed E-state index contributed by atoms with van der Waals surface area (Å²) < 4.78 is 13.9. The van der Waals surface area contributed by atoms with E-state index in [1.54, 1.807) is 13.1 Å². The Balaban J connectivity index is 2.22. The predicted molar refractivity (Wildman–Crippen MR) is 103 cm³/mol. The van der Waals surface area contributed by atoms with Gasteiger partial charge in [0.2, 0.25) is 0 Å². The van der Waals surface area contributed by atoms with Crippen LogP contribution in [-0.4, -0.2) is 9.97 Å².